The molecule has 0 radical (unpaired) electrons. The van der Waals surface area contributed by atoms with Gasteiger partial charge in [-0.1, -0.05) is 37.1 Å². The Hall–Kier alpha value is -2.59. The summed E-state index contributed by atoms with van der Waals surface area (Å²) in [6.07, 6.45) is 3.43. The van der Waals surface area contributed by atoms with Crippen molar-refractivity contribution in [2.24, 2.45) is 0 Å². The standard InChI is InChI=1S/C21H20ClNO3/c1-2-3-4-13-25-18-11-9-16(10-12-18)20-14-19(23-26-20)15-5-7-17(8-6-15)21(22)24/h5-12,14H,2-4,13H2,1H3. The molecule has 0 aliphatic carbocycles. The molecular formula is C21H20ClNO3. The predicted molar refractivity (Wildman–Crippen MR) is 103 cm³/mol. The zero-order valence-electron chi connectivity index (χ0n) is 14.6. The maximum Gasteiger partial charge on any atom is 0.252 e. The monoisotopic (exact) mass is 369 g/mol. The number of carbonyl (C=O) groups excluding carboxylic acids is 1. The minimum Gasteiger partial charge on any atom is -0.494 e. The van der Waals surface area contributed by atoms with Gasteiger partial charge in [0.25, 0.3) is 5.24 Å². The van der Waals surface area contributed by atoms with Gasteiger partial charge in [-0.15, -0.1) is 0 Å². The van der Waals surface area contributed by atoms with Crippen molar-refractivity contribution in [3.63, 3.8) is 0 Å². The average Bonchev–Trinajstić information content (AvgIpc) is 3.16. The molecule has 4 nitrogen and oxygen atoms in total. The largest absolute Gasteiger partial charge is 0.494 e. The highest BCUT2D eigenvalue weighted by molar-refractivity contribution is 6.67. The molecule has 2 aromatic carbocycles. The molecular weight excluding hydrogens is 350 g/mol. The predicted octanol–water partition coefficient (Wildman–Crippen LogP) is 5.96. The van der Waals surface area contributed by atoms with Gasteiger partial charge in [0, 0.05) is 22.8 Å². The summed E-state index contributed by atoms with van der Waals surface area (Å²) < 4.78 is 11.2. The molecule has 0 bridgehead atoms. The van der Waals surface area contributed by atoms with E-state index in [4.69, 9.17) is 20.9 Å². The molecule has 0 unspecified atom stereocenters. The fourth-order valence-corrected chi connectivity index (χ4v) is 2.70. The first-order valence-corrected chi connectivity index (χ1v) is 9.05. The zero-order chi connectivity index (χ0) is 18.4. The third-order valence-corrected chi connectivity index (χ3v) is 4.29. The summed E-state index contributed by atoms with van der Waals surface area (Å²) in [6, 6.07) is 16.6. The Labute approximate surface area is 157 Å². The third kappa shape index (κ3) is 4.52. The number of nitrogens with zero attached hydrogens (tertiary/aromatic N) is 1. The van der Waals surface area contributed by atoms with E-state index < -0.39 is 5.24 Å². The van der Waals surface area contributed by atoms with Crippen LogP contribution < -0.4 is 4.74 Å². The van der Waals surface area contributed by atoms with Gasteiger partial charge in [0.1, 0.15) is 11.4 Å². The summed E-state index contributed by atoms with van der Waals surface area (Å²) in [5.41, 5.74) is 2.94. The van der Waals surface area contributed by atoms with Gasteiger partial charge in [0.15, 0.2) is 5.76 Å². The third-order valence-electron chi connectivity index (χ3n) is 4.07. The molecule has 134 valence electrons. The quantitative estimate of drug-likeness (QED) is 0.363. The van der Waals surface area contributed by atoms with Gasteiger partial charge in [0.2, 0.25) is 0 Å². The van der Waals surface area contributed by atoms with E-state index in [-0.39, 0.29) is 0 Å². The van der Waals surface area contributed by atoms with Gasteiger partial charge in [0.05, 0.1) is 6.61 Å². The lowest BCUT2D eigenvalue weighted by molar-refractivity contribution is 0.108. The zero-order valence-corrected chi connectivity index (χ0v) is 15.3. The van der Waals surface area contributed by atoms with Crippen molar-refractivity contribution in [2.45, 2.75) is 26.2 Å². The molecule has 0 amide bonds. The van der Waals surface area contributed by atoms with Crippen LogP contribution in [0.25, 0.3) is 22.6 Å². The maximum absolute atomic E-state index is 11.1. The second-order valence-corrected chi connectivity index (χ2v) is 6.35. The Morgan fingerprint density at radius 2 is 1.73 bits per heavy atom. The highest BCUT2D eigenvalue weighted by Crippen LogP contribution is 2.27. The highest BCUT2D eigenvalue weighted by atomic mass is 35.5. The minimum absolute atomic E-state index is 0.452. The van der Waals surface area contributed by atoms with Crippen LogP contribution in [0.2, 0.25) is 0 Å². The number of ether oxygens (including phenoxy) is 1. The van der Waals surface area contributed by atoms with Crippen molar-refractivity contribution >= 4 is 16.8 Å². The fourth-order valence-electron chi connectivity index (χ4n) is 2.58. The molecule has 0 atom stereocenters. The Bertz CT molecular complexity index is 854. The molecule has 0 fully saturated rings. The van der Waals surface area contributed by atoms with Crippen LogP contribution in [0, 0.1) is 0 Å². The molecule has 0 saturated heterocycles. The number of carbonyl (C=O) groups is 1. The molecule has 1 heterocycles. The summed E-state index contributed by atoms with van der Waals surface area (Å²) >= 11 is 5.46. The number of rotatable bonds is 8. The van der Waals surface area contributed by atoms with Crippen LogP contribution in [0.15, 0.2) is 59.1 Å². The topological polar surface area (TPSA) is 52.3 Å². The molecule has 3 rings (SSSR count). The van der Waals surface area contributed by atoms with Crippen molar-refractivity contribution in [3.05, 3.63) is 60.2 Å². The molecule has 1 aromatic heterocycles. The van der Waals surface area contributed by atoms with Gasteiger partial charge >= 0.3 is 0 Å². The van der Waals surface area contributed by atoms with Gasteiger partial charge in [-0.25, -0.2) is 0 Å². The Morgan fingerprint density at radius 3 is 2.38 bits per heavy atom. The first kappa shape index (κ1) is 18.2. The van der Waals surface area contributed by atoms with E-state index >= 15 is 0 Å². The Kier molecular flexibility index (Phi) is 6.08. The van der Waals surface area contributed by atoms with Crippen molar-refractivity contribution in [1.82, 2.24) is 5.16 Å². The highest BCUT2D eigenvalue weighted by Gasteiger charge is 2.10. The molecule has 0 N–H and O–H groups in total. The van der Waals surface area contributed by atoms with Crippen LogP contribution in [-0.4, -0.2) is 17.0 Å². The number of halogens is 1. The van der Waals surface area contributed by atoms with E-state index in [1.165, 1.54) is 12.8 Å². The molecule has 0 spiro atoms. The van der Waals surface area contributed by atoms with Gasteiger partial charge in [-0.2, -0.15) is 0 Å². The number of unbranched alkanes of at least 4 members (excludes halogenated alkanes) is 2. The summed E-state index contributed by atoms with van der Waals surface area (Å²) in [4.78, 5) is 11.1. The van der Waals surface area contributed by atoms with Crippen molar-refractivity contribution < 1.29 is 14.1 Å². The molecule has 26 heavy (non-hydrogen) atoms. The lowest BCUT2D eigenvalue weighted by Gasteiger charge is -2.05. The summed E-state index contributed by atoms with van der Waals surface area (Å²) in [6.45, 7) is 2.91. The number of benzene rings is 2. The lowest BCUT2D eigenvalue weighted by atomic mass is 10.1. The number of aromatic nitrogens is 1. The minimum atomic E-state index is -0.477. The van der Waals surface area contributed by atoms with Crippen LogP contribution >= 0.6 is 11.6 Å². The van der Waals surface area contributed by atoms with E-state index in [1.807, 2.05) is 30.3 Å². The van der Waals surface area contributed by atoms with Crippen LogP contribution in [0.3, 0.4) is 0 Å². The number of hydrogen-bond donors (Lipinski definition) is 0. The van der Waals surface area contributed by atoms with Crippen LogP contribution in [0.5, 0.6) is 5.75 Å². The second kappa shape index (κ2) is 8.68. The molecule has 0 aliphatic rings. The summed E-state index contributed by atoms with van der Waals surface area (Å²) in [5.74, 6) is 1.53. The lowest BCUT2D eigenvalue weighted by Crippen LogP contribution is -1.96. The van der Waals surface area contributed by atoms with Crippen molar-refractivity contribution in [3.8, 4) is 28.3 Å². The van der Waals surface area contributed by atoms with E-state index in [0.717, 1.165) is 29.9 Å². The first-order chi connectivity index (χ1) is 12.7. The Morgan fingerprint density at radius 1 is 1.04 bits per heavy atom. The van der Waals surface area contributed by atoms with Crippen LogP contribution in [-0.2, 0) is 0 Å². The summed E-state index contributed by atoms with van der Waals surface area (Å²) in [7, 11) is 0. The normalized spacial score (nSPS) is 10.7. The first-order valence-electron chi connectivity index (χ1n) is 8.67. The fraction of sp³-hybridized carbons (Fsp3) is 0.238. The SMILES string of the molecule is CCCCCOc1ccc(-c2cc(-c3ccc(C(=O)Cl)cc3)no2)cc1. The smallest absolute Gasteiger partial charge is 0.252 e. The van der Waals surface area contributed by atoms with Gasteiger partial charge in [-0.05, 0) is 54.4 Å². The van der Waals surface area contributed by atoms with E-state index in [1.54, 1.807) is 24.3 Å². The van der Waals surface area contributed by atoms with Crippen LogP contribution in [0.1, 0.15) is 36.5 Å². The van der Waals surface area contributed by atoms with Crippen LogP contribution in [0.4, 0.5) is 0 Å². The van der Waals surface area contributed by atoms with E-state index in [9.17, 15) is 4.79 Å². The van der Waals surface area contributed by atoms with Crippen molar-refractivity contribution in [1.29, 1.82) is 0 Å². The summed E-state index contributed by atoms with van der Waals surface area (Å²) in [5, 5.41) is 3.63. The molecule has 5 heteroatoms. The Balaban J connectivity index is 1.68. The van der Waals surface area contributed by atoms with E-state index in [2.05, 4.69) is 12.1 Å². The second-order valence-electron chi connectivity index (χ2n) is 6.01. The molecule has 0 aliphatic heterocycles. The average molecular weight is 370 g/mol. The maximum atomic E-state index is 11.1. The number of hydrogen-bond acceptors (Lipinski definition) is 4. The molecule has 0 saturated carbocycles. The van der Waals surface area contributed by atoms with Gasteiger partial charge in [-0.3, -0.25) is 4.79 Å². The van der Waals surface area contributed by atoms with Gasteiger partial charge < -0.3 is 9.26 Å². The molecule has 3 aromatic rings. The van der Waals surface area contributed by atoms with E-state index in [0.29, 0.717) is 17.0 Å². The van der Waals surface area contributed by atoms with Crippen molar-refractivity contribution in [2.75, 3.05) is 6.61 Å².